The van der Waals surface area contributed by atoms with Gasteiger partial charge in [-0.1, -0.05) is 30.3 Å². The van der Waals surface area contributed by atoms with Gasteiger partial charge in [0.2, 0.25) is 0 Å². The fraction of sp³-hybridized carbons (Fsp3) is 0.280. The van der Waals surface area contributed by atoms with Crippen LogP contribution >= 0.6 is 0 Å². The number of rotatable bonds is 7. The fourth-order valence-electron chi connectivity index (χ4n) is 3.94. The van der Waals surface area contributed by atoms with E-state index in [9.17, 15) is 18.0 Å². The summed E-state index contributed by atoms with van der Waals surface area (Å²) in [4.78, 5) is 20.9. The molecule has 1 aliphatic heterocycles. The van der Waals surface area contributed by atoms with E-state index in [1.807, 2.05) is 36.4 Å². The number of alkyl halides is 3. The number of halogens is 3. The second-order valence-electron chi connectivity index (χ2n) is 8.33. The van der Waals surface area contributed by atoms with Crippen LogP contribution < -0.4 is 20.3 Å². The lowest BCUT2D eigenvalue weighted by atomic mass is 10.2. The molecule has 0 radical (unpaired) electrons. The average molecular weight is 486 g/mol. The number of anilines is 2. The standard InChI is InChI=1S/C25H26F3N5O2/c1-18-15-33(21-7-9-22(10-8-21)35-25(26,27)28)17-32(18)16-20-11-12-29-14-23(20)31-24(34)30-13-19-5-3-2-4-6-19/h2-12,14,18H,13,15-17H2,1H3,(H2,30,31,34). The van der Waals surface area contributed by atoms with Crippen molar-refractivity contribution in [1.29, 1.82) is 0 Å². The fourth-order valence-corrected chi connectivity index (χ4v) is 3.94. The van der Waals surface area contributed by atoms with Gasteiger partial charge in [0.15, 0.2) is 0 Å². The summed E-state index contributed by atoms with van der Waals surface area (Å²) in [6, 6.07) is 17.2. The number of hydrogen-bond acceptors (Lipinski definition) is 5. The van der Waals surface area contributed by atoms with Crippen LogP contribution in [0.25, 0.3) is 0 Å². The lowest BCUT2D eigenvalue weighted by Crippen LogP contribution is -2.31. The summed E-state index contributed by atoms with van der Waals surface area (Å²) in [5, 5.41) is 5.72. The Hall–Kier alpha value is -3.79. The van der Waals surface area contributed by atoms with E-state index in [-0.39, 0.29) is 17.8 Å². The largest absolute Gasteiger partial charge is 0.573 e. The van der Waals surface area contributed by atoms with Gasteiger partial charge >= 0.3 is 12.4 Å². The first kappa shape index (κ1) is 24.3. The van der Waals surface area contributed by atoms with Crippen molar-refractivity contribution in [3.05, 3.63) is 84.2 Å². The molecule has 0 bridgehead atoms. The number of urea groups is 1. The molecule has 1 fully saturated rings. The van der Waals surface area contributed by atoms with Gasteiger partial charge in [-0.2, -0.15) is 0 Å². The molecule has 1 atom stereocenters. The van der Waals surface area contributed by atoms with E-state index in [4.69, 9.17) is 0 Å². The minimum Gasteiger partial charge on any atom is -0.406 e. The highest BCUT2D eigenvalue weighted by atomic mass is 19.4. The molecule has 2 heterocycles. The molecule has 1 aromatic heterocycles. The van der Waals surface area contributed by atoms with E-state index in [1.54, 1.807) is 24.5 Å². The van der Waals surface area contributed by atoms with Crippen LogP contribution in [0, 0.1) is 0 Å². The Balaban J connectivity index is 1.36. The van der Waals surface area contributed by atoms with Crippen LogP contribution in [0.1, 0.15) is 18.1 Å². The highest BCUT2D eigenvalue weighted by molar-refractivity contribution is 5.89. The number of ether oxygens (including phenoxy) is 1. The van der Waals surface area contributed by atoms with Crippen molar-refractivity contribution in [3.8, 4) is 5.75 Å². The summed E-state index contributed by atoms with van der Waals surface area (Å²) in [6.07, 6.45) is -1.41. The van der Waals surface area contributed by atoms with Gasteiger partial charge in [-0.25, -0.2) is 4.79 Å². The normalized spacial score (nSPS) is 16.2. The first-order valence-electron chi connectivity index (χ1n) is 11.1. The highest BCUT2D eigenvalue weighted by Gasteiger charge is 2.31. The van der Waals surface area contributed by atoms with Gasteiger partial charge in [0.1, 0.15) is 5.75 Å². The van der Waals surface area contributed by atoms with E-state index < -0.39 is 6.36 Å². The summed E-state index contributed by atoms with van der Waals surface area (Å²) in [6.45, 7) is 4.37. The number of amides is 2. The lowest BCUT2D eigenvalue weighted by molar-refractivity contribution is -0.274. The molecule has 1 aliphatic rings. The molecule has 10 heteroatoms. The predicted octanol–water partition coefficient (Wildman–Crippen LogP) is 4.97. The van der Waals surface area contributed by atoms with Crippen molar-refractivity contribution in [3.63, 3.8) is 0 Å². The monoisotopic (exact) mass is 485 g/mol. The zero-order valence-electron chi connectivity index (χ0n) is 19.1. The van der Waals surface area contributed by atoms with Gasteiger partial charge in [0.25, 0.3) is 0 Å². The zero-order chi connectivity index (χ0) is 24.8. The second-order valence-corrected chi connectivity index (χ2v) is 8.33. The number of aromatic nitrogens is 1. The molecule has 0 aliphatic carbocycles. The van der Waals surface area contributed by atoms with Crippen LogP contribution in [-0.2, 0) is 13.1 Å². The molecule has 0 saturated carbocycles. The number of carbonyl (C=O) groups excluding carboxylic acids is 1. The molecule has 1 saturated heterocycles. The van der Waals surface area contributed by atoms with Gasteiger partial charge in [-0.05, 0) is 48.4 Å². The number of nitrogens with zero attached hydrogens (tertiary/aromatic N) is 3. The van der Waals surface area contributed by atoms with Crippen LogP contribution in [-0.4, -0.2) is 41.5 Å². The molecule has 4 rings (SSSR count). The predicted molar refractivity (Wildman–Crippen MR) is 127 cm³/mol. The van der Waals surface area contributed by atoms with E-state index in [2.05, 4.69) is 37.1 Å². The Morgan fingerprint density at radius 1 is 1.11 bits per heavy atom. The van der Waals surface area contributed by atoms with E-state index in [0.717, 1.165) is 16.8 Å². The highest BCUT2D eigenvalue weighted by Crippen LogP contribution is 2.28. The average Bonchev–Trinajstić information content (AvgIpc) is 3.19. The van der Waals surface area contributed by atoms with Crippen molar-refractivity contribution in [2.45, 2.75) is 32.4 Å². The van der Waals surface area contributed by atoms with Gasteiger partial charge in [0, 0.05) is 37.6 Å². The van der Waals surface area contributed by atoms with Crippen molar-refractivity contribution < 1.29 is 22.7 Å². The van der Waals surface area contributed by atoms with E-state index in [1.165, 1.54) is 12.1 Å². The summed E-state index contributed by atoms with van der Waals surface area (Å²) in [5.74, 6) is -0.247. The van der Waals surface area contributed by atoms with Crippen LogP contribution in [0.3, 0.4) is 0 Å². The summed E-state index contributed by atoms with van der Waals surface area (Å²) in [7, 11) is 0. The number of hydrogen-bond donors (Lipinski definition) is 2. The third-order valence-corrected chi connectivity index (χ3v) is 5.72. The summed E-state index contributed by atoms with van der Waals surface area (Å²) in [5.41, 5.74) is 3.34. The van der Waals surface area contributed by atoms with Crippen LogP contribution in [0.4, 0.5) is 29.3 Å². The Kier molecular flexibility index (Phi) is 7.40. The molecule has 35 heavy (non-hydrogen) atoms. The number of benzene rings is 2. The number of nitrogens with one attached hydrogen (secondary N) is 2. The van der Waals surface area contributed by atoms with Gasteiger partial charge in [0.05, 0.1) is 18.6 Å². The molecular weight excluding hydrogens is 459 g/mol. The molecule has 1 unspecified atom stereocenters. The molecule has 0 spiro atoms. The van der Waals surface area contributed by atoms with Crippen LogP contribution in [0.2, 0.25) is 0 Å². The first-order valence-corrected chi connectivity index (χ1v) is 11.1. The zero-order valence-corrected chi connectivity index (χ0v) is 19.1. The van der Waals surface area contributed by atoms with Gasteiger partial charge in [-0.3, -0.25) is 9.88 Å². The van der Waals surface area contributed by atoms with Crippen molar-refractivity contribution in [1.82, 2.24) is 15.2 Å². The second kappa shape index (κ2) is 10.6. The minimum atomic E-state index is -4.71. The Morgan fingerprint density at radius 2 is 1.86 bits per heavy atom. The maximum Gasteiger partial charge on any atom is 0.573 e. The van der Waals surface area contributed by atoms with Gasteiger partial charge < -0.3 is 20.3 Å². The van der Waals surface area contributed by atoms with Gasteiger partial charge in [-0.15, -0.1) is 13.2 Å². The van der Waals surface area contributed by atoms with Crippen LogP contribution in [0.15, 0.2) is 73.1 Å². The van der Waals surface area contributed by atoms with Crippen LogP contribution in [0.5, 0.6) is 5.75 Å². The third-order valence-electron chi connectivity index (χ3n) is 5.72. The SMILES string of the molecule is CC1CN(c2ccc(OC(F)(F)F)cc2)CN1Cc1ccncc1NC(=O)NCc1ccccc1. The first-order chi connectivity index (χ1) is 16.8. The minimum absolute atomic E-state index is 0.189. The van der Waals surface area contributed by atoms with Crippen molar-refractivity contribution in [2.75, 3.05) is 23.4 Å². The topological polar surface area (TPSA) is 69.7 Å². The Morgan fingerprint density at radius 3 is 2.57 bits per heavy atom. The van der Waals surface area contributed by atoms with E-state index >= 15 is 0 Å². The Bertz CT molecular complexity index is 1130. The quantitative estimate of drug-likeness (QED) is 0.495. The molecule has 2 amide bonds. The maximum absolute atomic E-state index is 12.4. The maximum atomic E-state index is 12.4. The third kappa shape index (κ3) is 6.86. The lowest BCUT2D eigenvalue weighted by Gasteiger charge is -2.22. The molecule has 7 nitrogen and oxygen atoms in total. The Labute approximate surface area is 201 Å². The molecule has 184 valence electrons. The number of carbonyl (C=O) groups is 1. The molecule has 2 aromatic carbocycles. The number of pyridine rings is 1. The van der Waals surface area contributed by atoms with E-state index in [0.29, 0.717) is 32.0 Å². The molecule has 2 N–H and O–H groups in total. The van der Waals surface area contributed by atoms with Crippen molar-refractivity contribution >= 4 is 17.4 Å². The van der Waals surface area contributed by atoms with Crippen molar-refractivity contribution in [2.24, 2.45) is 0 Å². The summed E-state index contributed by atoms with van der Waals surface area (Å²) >= 11 is 0. The smallest absolute Gasteiger partial charge is 0.406 e. The molecular formula is C25H26F3N5O2. The summed E-state index contributed by atoms with van der Waals surface area (Å²) < 4.78 is 41.2. The molecule has 3 aromatic rings.